The van der Waals surface area contributed by atoms with Crippen molar-refractivity contribution in [2.45, 2.75) is 80.8 Å². The van der Waals surface area contributed by atoms with E-state index in [9.17, 15) is 8.42 Å². The van der Waals surface area contributed by atoms with Gasteiger partial charge in [-0.05, 0) is 37.8 Å². The van der Waals surface area contributed by atoms with Crippen molar-refractivity contribution in [1.29, 1.82) is 0 Å². The molecule has 3 aliphatic rings. The number of nitrogens with zero attached hydrogens (tertiary/aromatic N) is 2. The number of piperazine rings is 1. The van der Waals surface area contributed by atoms with E-state index < -0.39 is 10.0 Å². The van der Waals surface area contributed by atoms with Crippen molar-refractivity contribution in [2.75, 3.05) is 26.2 Å². The molecule has 28 heavy (non-hydrogen) atoms. The first kappa shape index (κ1) is 20.3. The maximum atomic E-state index is 12.8. The summed E-state index contributed by atoms with van der Waals surface area (Å²) in [5, 5.41) is 0. The average Bonchev–Trinajstić information content (AvgIpc) is 2.75. The van der Waals surface area contributed by atoms with Crippen molar-refractivity contribution >= 4 is 10.0 Å². The Hall–Kier alpha value is -0.950. The first-order valence-electron chi connectivity index (χ1n) is 11.2. The number of benzene rings is 1. The summed E-state index contributed by atoms with van der Waals surface area (Å²) < 4.78 is 28.7. The van der Waals surface area contributed by atoms with E-state index in [2.05, 4.69) is 14.5 Å². The molecule has 6 heteroatoms. The van der Waals surface area contributed by atoms with Gasteiger partial charge in [-0.15, -0.1) is 0 Å². The van der Waals surface area contributed by atoms with Crippen LogP contribution in [-0.2, 0) is 10.0 Å². The van der Waals surface area contributed by atoms with E-state index in [-0.39, 0.29) is 6.04 Å². The molecule has 0 unspecified atom stereocenters. The third-order valence-electron chi connectivity index (χ3n) is 7.00. The molecule has 3 fully saturated rings. The lowest BCUT2D eigenvalue weighted by Crippen LogP contribution is -2.59. The van der Waals surface area contributed by atoms with E-state index in [1.54, 1.807) is 24.3 Å². The number of sulfonamides is 1. The molecule has 0 aromatic heterocycles. The average molecular weight is 406 g/mol. The largest absolute Gasteiger partial charge is 0.298 e. The van der Waals surface area contributed by atoms with Gasteiger partial charge in [0.1, 0.15) is 0 Å². The summed E-state index contributed by atoms with van der Waals surface area (Å²) in [7, 11) is -3.45. The summed E-state index contributed by atoms with van der Waals surface area (Å²) in [6, 6.07) is 9.95. The van der Waals surface area contributed by atoms with Gasteiger partial charge in [0.05, 0.1) is 4.90 Å². The second-order valence-electron chi connectivity index (χ2n) is 8.76. The maximum absolute atomic E-state index is 12.8. The molecule has 1 saturated heterocycles. The van der Waals surface area contributed by atoms with E-state index in [4.69, 9.17) is 0 Å². The van der Waals surface area contributed by atoms with Crippen LogP contribution in [0.25, 0.3) is 0 Å². The molecule has 0 radical (unpaired) electrons. The Morgan fingerprint density at radius 1 is 0.750 bits per heavy atom. The van der Waals surface area contributed by atoms with E-state index in [0.717, 1.165) is 51.5 Å². The molecule has 0 bridgehead atoms. The quantitative estimate of drug-likeness (QED) is 0.817. The second kappa shape index (κ2) is 9.24. The van der Waals surface area contributed by atoms with Gasteiger partial charge in [-0.1, -0.05) is 50.3 Å². The molecule has 5 nitrogen and oxygen atoms in total. The normalized spacial score (nSPS) is 29.0. The summed E-state index contributed by atoms with van der Waals surface area (Å²) in [5.41, 5.74) is 0. The van der Waals surface area contributed by atoms with Gasteiger partial charge in [0.2, 0.25) is 10.0 Å². The minimum atomic E-state index is -3.45. The Labute approximate surface area is 170 Å². The summed E-state index contributed by atoms with van der Waals surface area (Å²) in [4.78, 5) is 5.64. The standard InChI is InChI=1S/C22H35N3O2S/c26-28(27,20-11-5-2-6-12-20)23-21-13-7-8-14-22(21)25-17-15-24(16-18-25)19-9-3-1-4-10-19/h2,5-6,11-12,19,21-23H,1,3-4,7-10,13-18H2/t21-,22+/m0/s1. The molecule has 4 rings (SSSR count). The molecule has 1 N–H and O–H groups in total. The van der Waals surface area contributed by atoms with Crippen LogP contribution in [0.4, 0.5) is 0 Å². The number of rotatable bonds is 5. The Bertz CT molecular complexity index is 711. The van der Waals surface area contributed by atoms with Crippen molar-refractivity contribution in [3.05, 3.63) is 30.3 Å². The summed E-state index contributed by atoms with van der Waals surface area (Å²) >= 11 is 0. The third kappa shape index (κ3) is 4.78. The molecular weight excluding hydrogens is 370 g/mol. The van der Waals surface area contributed by atoms with Crippen molar-refractivity contribution < 1.29 is 8.42 Å². The van der Waals surface area contributed by atoms with Gasteiger partial charge in [0.15, 0.2) is 0 Å². The minimum Gasteiger partial charge on any atom is -0.298 e. The summed E-state index contributed by atoms with van der Waals surface area (Å²) in [6.45, 7) is 4.42. The molecule has 2 saturated carbocycles. The van der Waals surface area contributed by atoms with Crippen LogP contribution in [0.15, 0.2) is 35.2 Å². The van der Waals surface area contributed by atoms with E-state index in [1.807, 2.05) is 6.07 Å². The molecule has 0 spiro atoms. The topological polar surface area (TPSA) is 52.7 Å². The van der Waals surface area contributed by atoms with Crippen molar-refractivity contribution in [3.63, 3.8) is 0 Å². The van der Waals surface area contributed by atoms with Crippen molar-refractivity contribution in [1.82, 2.24) is 14.5 Å². The van der Waals surface area contributed by atoms with Crippen LogP contribution in [0.2, 0.25) is 0 Å². The lowest BCUT2D eigenvalue weighted by Gasteiger charge is -2.46. The number of hydrogen-bond donors (Lipinski definition) is 1. The van der Waals surface area contributed by atoms with Gasteiger partial charge >= 0.3 is 0 Å². The molecule has 1 aliphatic heterocycles. The van der Waals surface area contributed by atoms with Gasteiger partial charge in [0, 0.05) is 44.3 Å². The highest BCUT2D eigenvalue weighted by Gasteiger charge is 2.35. The van der Waals surface area contributed by atoms with E-state index in [0.29, 0.717) is 10.9 Å². The Morgan fingerprint density at radius 3 is 2.07 bits per heavy atom. The molecular formula is C22H35N3O2S. The SMILES string of the molecule is O=S(=O)(N[C@H]1CCCC[C@H]1N1CCN(C2CCCCC2)CC1)c1ccccc1. The maximum Gasteiger partial charge on any atom is 0.240 e. The van der Waals surface area contributed by atoms with Crippen LogP contribution in [0, 0.1) is 0 Å². The molecule has 2 aliphatic carbocycles. The first-order valence-corrected chi connectivity index (χ1v) is 12.7. The third-order valence-corrected chi connectivity index (χ3v) is 8.50. The molecule has 156 valence electrons. The molecule has 0 amide bonds. The minimum absolute atomic E-state index is 0.0280. The van der Waals surface area contributed by atoms with Gasteiger partial charge in [-0.25, -0.2) is 13.1 Å². The number of hydrogen-bond acceptors (Lipinski definition) is 4. The Balaban J connectivity index is 1.38. The first-order chi connectivity index (χ1) is 13.6. The van der Waals surface area contributed by atoms with E-state index in [1.165, 1.54) is 38.5 Å². The summed E-state index contributed by atoms with van der Waals surface area (Å²) in [6.07, 6.45) is 11.3. The predicted octanol–water partition coefficient (Wildman–Crippen LogP) is 3.23. The highest BCUT2D eigenvalue weighted by Crippen LogP contribution is 2.28. The zero-order chi connectivity index (χ0) is 19.4. The fraction of sp³-hybridized carbons (Fsp3) is 0.727. The van der Waals surface area contributed by atoms with Crippen molar-refractivity contribution in [3.8, 4) is 0 Å². The van der Waals surface area contributed by atoms with Crippen LogP contribution in [-0.4, -0.2) is 62.5 Å². The zero-order valence-corrected chi connectivity index (χ0v) is 17.7. The Morgan fingerprint density at radius 2 is 1.36 bits per heavy atom. The van der Waals surface area contributed by atoms with Gasteiger partial charge in [-0.2, -0.15) is 0 Å². The lowest BCUT2D eigenvalue weighted by atomic mass is 9.89. The molecule has 1 heterocycles. The highest BCUT2D eigenvalue weighted by molar-refractivity contribution is 7.89. The molecule has 1 aromatic rings. The highest BCUT2D eigenvalue weighted by atomic mass is 32.2. The fourth-order valence-corrected chi connectivity index (χ4v) is 6.76. The zero-order valence-electron chi connectivity index (χ0n) is 16.9. The smallest absolute Gasteiger partial charge is 0.240 e. The predicted molar refractivity (Wildman–Crippen MR) is 113 cm³/mol. The lowest BCUT2D eigenvalue weighted by molar-refractivity contribution is 0.0380. The van der Waals surface area contributed by atoms with Crippen LogP contribution in [0.5, 0.6) is 0 Å². The van der Waals surface area contributed by atoms with Gasteiger partial charge < -0.3 is 0 Å². The van der Waals surface area contributed by atoms with Crippen LogP contribution < -0.4 is 4.72 Å². The van der Waals surface area contributed by atoms with E-state index >= 15 is 0 Å². The van der Waals surface area contributed by atoms with Crippen LogP contribution >= 0.6 is 0 Å². The molecule has 2 atom stereocenters. The van der Waals surface area contributed by atoms with Crippen LogP contribution in [0.1, 0.15) is 57.8 Å². The monoisotopic (exact) mass is 405 g/mol. The van der Waals surface area contributed by atoms with Crippen LogP contribution in [0.3, 0.4) is 0 Å². The summed E-state index contributed by atoms with van der Waals surface area (Å²) in [5.74, 6) is 0. The Kier molecular flexibility index (Phi) is 6.71. The van der Waals surface area contributed by atoms with Crippen molar-refractivity contribution in [2.24, 2.45) is 0 Å². The fourth-order valence-electron chi connectivity index (χ4n) is 5.43. The number of nitrogens with one attached hydrogen (secondary N) is 1. The van der Waals surface area contributed by atoms with Gasteiger partial charge in [0.25, 0.3) is 0 Å². The second-order valence-corrected chi connectivity index (χ2v) is 10.5. The molecule has 1 aromatic carbocycles. The van der Waals surface area contributed by atoms with Gasteiger partial charge in [-0.3, -0.25) is 9.80 Å².